The van der Waals surface area contributed by atoms with E-state index in [0.29, 0.717) is 27.5 Å². The molecule has 1 aliphatic heterocycles. The summed E-state index contributed by atoms with van der Waals surface area (Å²) in [5.74, 6) is -0.898. The number of likely N-dealkylation sites (tertiary alicyclic amines) is 1. The Kier molecular flexibility index (Phi) is 3.97. The third-order valence-corrected chi connectivity index (χ3v) is 5.68. The minimum absolute atomic E-state index is 0.0809. The van der Waals surface area contributed by atoms with Gasteiger partial charge < -0.3 is 10.0 Å². The zero-order chi connectivity index (χ0) is 15.1. The van der Waals surface area contributed by atoms with Gasteiger partial charge in [-0.15, -0.1) is 0 Å². The molecule has 0 unspecified atom stereocenters. The number of carboxylic acids is 1. The summed E-state index contributed by atoms with van der Waals surface area (Å²) in [6, 6.07) is 5.21. The fourth-order valence-electron chi connectivity index (χ4n) is 3.10. The smallest absolute Gasteiger partial charge is 0.308 e. The molecule has 0 bridgehead atoms. The standard InChI is InChI=1S/C15H15BrClNO3/c16-12-3-1-2-9(13(12)17)14(19)18-6-10(8-4-5-8)11(7-18)15(20)21/h1-3,8,10-11H,4-7H2,(H,20,21)/t10-,11+/m1/s1. The monoisotopic (exact) mass is 371 g/mol. The van der Waals surface area contributed by atoms with Gasteiger partial charge in [-0.25, -0.2) is 0 Å². The maximum absolute atomic E-state index is 12.6. The number of halogens is 2. The van der Waals surface area contributed by atoms with E-state index in [-0.39, 0.29) is 18.4 Å². The summed E-state index contributed by atoms with van der Waals surface area (Å²) in [5, 5.41) is 9.74. The van der Waals surface area contributed by atoms with Crippen molar-refractivity contribution in [3.05, 3.63) is 33.3 Å². The average molecular weight is 373 g/mol. The van der Waals surface area contributed by atoms with Gasteiger partial charge in [0.15, 0.2) is 0 Å². The third kappa shape index (κ3) is 2.81. The van der Waals surface area contributed by atoms with Crippen molar-refractivity contribution in [2.75, 3.05) is 13.1 Å². The molecule has 4 nitrogen and oxygen atoms in total. The zero-order valence-electron chi connectivity index (χ0n) is 11.3. The molecule has 1 aliphatic carbocycles. The van der Waals surface area contributed by atoms with E-state index >= 15 is 0 Å². The van der Waals surface area contributed by atoms with Crippen LogP contribution >= 0.6 is 27.5 Å². The summed E-state index contributed by atoms with van der Waals surface area (Å²) >= 11 is 9.47. The van der Waals surface area contributed by atoms with Crippen LogP contribution in [0.1, 0.15) is 23.2 Å². The maximum Gasteiger partial charge on any atom is 0.308 e. The van der Waals surface area contributed by atoms with Crippen LogP contribution in [0.15, 0.2) is 22.7 Å². The van der Waals surface area contributed by atoms with Gasteiger partial charge in [-0.2, -0.15) is 0 Å². The molecule has 2 atom stereocenters. The van der Waals surface area contributed by atoms with Gasteiger partial charge in [0.2, 0.25) is 0 Å². The van der Waals surface area contributed by atoms with Crippen LogP contribution in [-0.2, 0) is 4.79 Å². The molecule has 2 fully saturated rings. The van der Waals surface area contributed by atoms with Gasteiger partial charge in [0, 0.05) is 17.6 Å². The van der Waals surface area contributed by atoms with Crippen LogP contribution in [0.3, 0.4) is 0 Å². The van der Waals surface area contributed by atoms with Crippen molar-refractivity contribution in [3.8, 4) is 0 Å². The lowest BCUT2D eigenvalue weighted by Gasteiger charge is -2.17. The van der Waals surface area contributed by atoms with Crippen molar-refractivity contribution < 1.29 is 14.7 Å². The number of carboxylic acid groups (broad SMARTS) is 1. The molecule has 0 spiro atoms. The Bertz CT molecular complexity index is 603. The topological polar surface area (TPSA) is 57.6 Å². The molecule has 112 valence electrons. The van der Waals surface area contributed by atoms with Gasteiger partial charge in [-0.05, 0) is 52.7 Å². The summed E-state index contributed by atoms with van der Waals surface area (Å²) < 4.78 is 0.669. The molecule has 0 aromatic heterocycles. The van der Waals surface area contributed by atoms with Gasteiger partial charge in [0.05, 0.1) is 16.5 Å². The molecular formula is C15H15BrClNO3. The molecule has 0 radical (unpaired) electrons. The van der Waals surface area contributed by atoms with Crippen molar-refractivity contribution in [1.82, 2.24) is 4.90 Å². The Morgan fingerprint density at radius 3 is 2.62 bits per heavy atom. The van der Waals surface area contributed by atoms with Gasteiger partial charge >= 0.3 is 5.97 Å². The summed E-state index contributed by atoms with van der Waals surface area (Å²) in [5.41, 5.74) is 0.423. The van der Waals surface area contributed by atoms with Crippen molar-refractivity contribution in [2.24, 2.45) is 17.8 Å². The highest BCUT2D eigenvalue weighted by atomic mass is 79.9. The quantitative estimate of drug-likeness (QED) is 0.886. The lowest BCUT2D eigenvalue weighted by molar-refractivity contribution is -0.142. The van der Waals surface area contributed by atoms with Crippen LogP contribution in [0, 0.1) is 17.8 Å². The zero-order valence-corrected chi connectivity index (χ0v) is 13.6. The molecule has 6 heteroatoms. The van der Waals surface area contributed by atoms with Crippen LogP contribution in [0.5, 0.6) is 0 Å². The highest BCUT2D eigenvalue weighted by molar-refractivity contribution is 9.10. The van der Waals surface area contributed by atoms with Gasteiger partial charge in [-0.3, -0.25) is 9.59 Å². The van der Waals surface area contributed by atoms with E-state index < -0.39 is 11.9 Å². The minimum Gasteiger partial charge on any atom is -0.481 e. The number of amides is 1. The van der Waals surface area contributed by atoms with Gasteiger partial charge in [0.1, 0.15) is 0 Å². The van der Waals surface area contributed by atoms with Crippen LogP contribution in [-0.4, -0.2) is 35.0 Å². The summed E-state index contributed by atoms with van der Waals surface area (Å²) in [4.78, 5) is 25.6. The molecule has 2 aliphatic rings. The molecule has 1 heterocycles. The highest BCUT2D eigenvalue weighted by Crippen LogP contribution is 2.44. The van der Waals surface area contributed by atoms with E-state index in [2.05, 4.69) is 15.9 Å². The van der Waals surface area contributed by atoms with E-state index in [1.165, 1.54) is 0 Å². The lowest BCUT2D eigenvalue weighted by Crippen LogP contribution is -2.30. The number of aliphatic carboxylic acids is 1. The second-order valence-electron chi connectivity index (χ2n) is 5.76. The SMILES string of the molecule is O=C(O)[C@H]1CN(C(=O)c2cccc(Br)c2Cl)C[C@@H]1C1CC1. The first-order chi connectivity index (χ1) is 9.99. The average Bonchev–Trinajstić information content (AvgIpc) is 3.19. The second kappa shape index (κ2) is 5.61. The molecular weight excluding hydrogens is 358 g/mol. The fraction of sp³-hybridized carbons (Fsp3) is 0.467. The van der Waals surface area contributed by atoms with Crippen molar-refractivity contribution in [2.45, 2.75) is 12.8 Å². The Hall–Kier alpha value is -1.07. The molecule has 21 heavy (non-hydrogen) atoms. The molecule has 3 rings (SSSR count). The third-order valence-electron chi connectivity index (χ3n) is 4.38. The highest BCUT2D eigenvalue weighted by Gasteiger charge is 2.47. The molecule has 1 N–H and O–H groups in total. The van der Waals surface area contributed by atoms with Crippen LogP contribution in [0.25, 0.3) is 0 Å². The van der Waals surface area contributed by atoms with Crippen molar-refractivity contribution in [1.29, 1.82) is 0 Å². The summed E-state index contributed by atoms with van der Waals surface area (Å²) in [7, 11) is 0. The Balaban J connectivity index is 1.82. The predicted octanol–water partition coefficient (Wildman–Crippen LogP) is 3.29. The van der Waals surface area contributed by atoms with Crippen LogP contribution < -0.4 is 0 Å². The first-order valence-corrected chi connectivity index (χ1v) is 8.12. The minimum atomic E-state index is -0.803. The summed E-state index contributed by atoms with van der Waals surface area (Å²) in [6.07, 6.45) is 2.15. The van der Waals surface area contributed by atoms with E-state index in [1.807, 2.05) is 0 Å². The second-order valence-corrected chi connectivity index (χ2v) is 6.99. The number of hydrogen-bond acceptors (Lipinski definition) is 2. The lowest BCUT2D eigenvalue weighted by atomic mass is 9.92. The molecule has 1 amide bonds. The van der Waals surface area contributed by atoms with E-state index in [0.717, 1.165) is 12.8 Å². The largest absolute Gasteiger partial charge is 0.481 e. The van der Waals surface area contributed by atoms with Crippen molar-refractivity contribution in [3.63, 3.8) is 0 Å². The van der Waals surface area contributed by atoms with Crippen LogP contribution in [0.4, 0.5) is 0 Å². The number of carbonyl (C=O) groups excluding carboxylic acids is 1. The number of rotatable bonds is 3. The Morgan fingerprint density at radius 1 is 1.29 bits per heavy atom. The number of nitrogens with zero attached hydrogens (tertiary/aromatic N) is 1. The summed E-state index contributed by atoms with van der Waals surface area (Å²) in [6.45, 7) is 0.793. The van der Waals surface area contributed by atoms with Crippen molar-refractivity contribution >= 4 is 39.4 Å². The van der Waals surface area contributed by atoms with Gasteiger partial charge in [-0.1, -0.05) is 17.7 Å². The molecule has 1 aromatic rings. The van der Waals surface area contributed by atoms with E-state index in [9.17, 15) is 14.7 Å². The molecule has 1 aromatic carbocycles. The van der Waals surface area contributed by atoms with Crippen LogP contribution in [0.2, 0.25) is 5.02 Å². The number of carbonyl (C=O) groups is 2. The predicted molar refractivity (Wildman–Crippen MR) is 82.4 cm³/mol. The number of benzene rings is 1. The van der Waals surface area contributed by atoms with Gasteiger partial charge in [0.25, 0.3) is 5.91 Å². The van der Waals surface area contributed by atoms with E-state index in [4.69, 9.17) is 11.6 Å². The molecule has 1 saturated carbocycles. The number of hydrogen-bond donors (Lipinski definition) is 1. The Morgan fingerprint density at radius 2 is 2.00 bits per heavy atom. The first-order valence-electron chi connectivity index (χ1n) is 6.95. The first kappa shape index (κ1) is 14.9. The molecule has 1 saturated heterocycles. The normalized spacial score (nSPS) is 25.1. The fourth-order valence-corrected chi connectivity index (χ4v) is 3.67. The van der Waals surface area contributed by atoms with E-state index in [1.54, 1.807) is 23.1 Å². The Labute approximate surface area is 136 Å². The maximum atomic E-state index is 12.6.